The van der Waals surface area contributed by atoms with Crippen molar-refractivity contribution in [2.45, 2.75) is 6.42 Å². The molecular formula is C4H4Br3O2S-. The van der Waals surface area contributed by atoms with Crippen molar-refractivity contribution in [2.75, 3.05) is 5.75 Å². The van der Waals surface area contributed by atoms with Crippen LogP contribution in [0.25, 0.3) is 0 Å². The normalized spacial score (nSPS) is 12.8. The maximum absolute atomic E-state index is 10.1. The van der Waals surface area contributed by atoms with Gasteiger partial charge in [-0.3, -0.25) is 4.21 Å². The SMILES string of the molecule is O=S([O-])CCC(Br)=C(Br)Br. The van der Waals surface area contributed by atoms with E-state index < -0.39 is 11.1 Å². The van der Waals surface area contributed by atoms with Gasteiger partial charge in [-0.2, -0.15) is 0 Å². The van der Waals surface area contributed by atoms with Crippen LogP contribution in [-0.4, -0.2) is 14.5 Å². The van der Waals surface area contributed by atoms with Crippen LogP contribution < -0.4 is 0 Å². The summed E-state index contributed by atoms with van der Waals surface area (Å²) in [5, 5.41) is 0. The largest absolute Gasteiger partial charge is 0.772 e. The molecule has 60 valence electrons. The average molecular weight is 356 g/mol. The third-order valence-electron chi connectivity index (χ3n) is 0.693. The lowest BCUT2D eigenvalue weighted by Gasteiger charge is -2.03. The fraction of sp³-hybridized carbons (Fsp3) is 0.500. The number of halogens is 3. The van der Waals surface area contributed by atoms with E-state index in [0.717, 1.165) is 7.87 Å². The molecule has 1 unspecified atom stereocenters. The first kappa shape index (κ1) is 11.3. The van der Waals surface area contributed by atoms with Crippen molar-refractivity contribution in [1.29, 1.82) is 0 Å². The van der Waals surface area contributed by atoms with Gasteiger partial charge in [0.1, 0.15) is 0 Å². The summed E-state index contributed by atoms with van der Waals surface area (Å²) >= 11 is 7.50. The molecule has 0 saturated carbocycles. The second kappa shape index (κ2) is 5.88. The maximum atomic E-state index is 10.1. The van der Waals surface area contributed by atoms with Crippen LogP contribution in [0.5, 0.6) is 0 Å². The molecule has 10 heavy (non-hydrogen) atoms. The van der Waals surface area contributed by atoms with E-state index in [2.05, 4.69) is 47.8 Å². The molecule has 0 aromatic heterocycles. The molecule has 0 amide bonds. The number of allylic oxidation sites excluding steroid dienone is 1. The zero-order valence-corrected chi connectivity index (χ0v) is 10.3. The van der Waals surface area contributed by atoms with Gasteiger partial charge in [-0.15, -0.1) is 0 Å². The highest BCUT2D eigenvalue weighted by Crippen LogP contribution is 2.25. The first-order valence-corrected chi connectivity index (χ1v) is 5.92. The van der Waals surface area contributed by atoms with Gasteiger partial charge >= 0.3 is 0 Å². The fourth-order valence-electron chi connectivity index (χ4n) is 0.267. The van der Waals surface area contributed by atoms with Crippen molar-refractivity contribution in [3.63, 3.8) is 0 Å². The molecule has 0 aliphatic carbocycles. The van der Waals surface area contributed by atoms with Gasteiger partial charge in [-0.25, -0.2) is 0 Å². The van der Waals surface area contributed by atoms with Crippen molar-refractivity contribution in [3.05, 3.63) is 7.87 Å². The second-order valence-corrected chi connectivity index (χ2v) is 6.05. The smallest absolute Gasteiger partial charge is 0.0705 e. The summed E-state index contributed by atoms with van der Waals surface area (Å²) in [6.07, 6.45) is 0.488. The molecule has 0 aliphatic heterocycles. The third-order valence-corrected chi connectivity index (χ3v) is 4.05. The van der Waals surface area contributed by atoms with Gasteiger partial charge in [-0.05, 0) is 38.3 Å². The van der Waals surface area contributed by atoms with Gasteiger partial charge in [0, 0.05) is 10.2 Å². The third kappa shape index (κ3) is 6.03. The van der Waals surface area contributed by atoms with Gasteiger partial charge in [0.25, 0.3) is 0 Å². The molecule has 1 atom stereocenters. The zero-order chi connectivity index (χ0) is 8.15. The molecule has 0 bridgehead atoms. The molecule has 0 aliphatic rings. The Bertz CT molecular complexity index is 164. The minimum absolute atomic E-state index is 0.140. The summed E-state index contributed by atoms with van der Waals surface area (Å²) in [7, 11) is 0. The van der Waals surface area contributed by atoms with E-state index in [4.69, 9.17) is 0 Å². The Balaban J connectivity index is 3.71. The lowest BCUT2D eigenvalue weighted by atomic mass is 10.5. The lowest BCUT2D eigenvalue weighted by molar-refractivity contribution is 0.537. The Morgan fingerprint density at radius 1 is 1.40 bits per heavy atom. The van der Waals surface area contributed by atoms with Gasteiger partial charge in [0.2, 0.25) is 0 Å². The molecule has 0 aromatic rings. The second-order valence-electron chi connectivity index (χ2n) is 1.42. The van der Waals surface area contributed by atoms with E-state index >= 15 is 0 Å². The van der Waals surface area contributed by atoms with Crippen LogP contribution in [0.4, 0.5) is 0 Å². The molecule has 0 heterocycles. The van der Waals surface area contributed by atoms with Crippen LogP contribution in [-0.2, 0) is 11.1 Å². The Labute approximate surface area is 87.1 Å². The molecule has 0 aromatic carbocycles. The van der Waals surface area contributed by atoms with E-state index in [9.17, 15) is 8.76 Å². The van der Waals surface area contributed by atoms with Crippen molar-refractivity contribution in [2.24, 2.45) is 0 Å². The first-order valence-electron chi connectivity index (χ1n) is 2.29. The monoisotopic (exact) mass is 353 g/mol. The Kier molecular flexibility index (Phi) is 6.64. The maximum Gasteiger partial charge on any atom is 0.0705 e. The number of hydrogen-bond acceptors (Lipinski definition) is 2. The number of hydrogen-bond donors (Lipinski definition) is 0. The van der Waals surface area contributed by atoms with Crippen LogP contribution >= 0.6 is 47.8 Å². The van der Waals surface area contributed by atoms with Crippen LogP contribution in [0.15, 0.2) is 7.87 Å². The summed E-state index contributed by atoms with van der Waals surface area (Å²) in [5.41, 5.74) is 0. The molecule has 0 saturated heterocycles. The van der Waals surface area contributed by atoms with Crippen molar-refractivity contribution >= 4 is 58.9 Å². The van der Waals surface area contributed by atoms with Crippen molar-refractivity contribution in [1.82, 2.24) is 0 Å². The molecule has 6 heteroatoms. The average Bonchev–Trinajstić information content (AvgIpc) is 1.82. The Hall–Kier alpha value is 1.29. The fourth-order valence-corrected chi connectivity index (χ4v) is 1.50. The van der Waals surface area contributed by atoms with Crippen LogP contribution in [0.3, 0.4) is 0 Å². The Morgan fingerprint density at radius 2 is 1.90 bits per heavy atom. The summed E-state index contributed by atoms with van der Waals surface area (Å²) < 4.78 is 21.7. The molecule has 0 radical (unpaired) electrons. The summed E-state index contributed by atoms with van der Waals surface area (Å²) in [6.45, 7) is 0. The quantitative estimate of drug-likeness (QED) is 0.730. The molecular weight excluding hydrogens is 352 g/mol. The van der Waals surface area contributed by atoms with Gasteiger partial charge in [0.15, 0.2) is 0 Å². The van der Waals surface area contributed by atoms with Crippen molar-refractivity contribution < 1.29 is 8.76 Å². The molecule has 0 fully saturated rings. The van der Waals surface area contributed by atoms with E-state index in [-0.39, 0.29) is 5.75 Å². The zero-order valence-electron chi connectivity index (χ0n) is 4.77. The Morgan fingerprint density at radius 3 is 2.20 bits per heavy atom. The standard InChI is InChI=1S/C4H5Br3O2S/c5-3(4(6)7)1-2-10(8)9/h1-2H2,(H,8,9)/p-1. The summed E-state index contributed by atoms with van der Waals surface area (Å²) in [4.78, 5) is 0. The van der Waals surface area contributed by atoms with Crippen LogP contribution in [0.2, 0.25) is 0 Å². The molecule has 2 nitrogen and oxygen atoms in total. The highest BCUT2D eigenvalue weighted by atomic mass is 79.9. The minimum atomic E-state index is -1.96. The predicted octanol–water partition coefficient (Wildman–Crippen LogP) is 2.61. The van der Waals surface area contributed by atoms with Crippen LogP contribution in [0.1, 0.15) is 6.42 Å². The van der Waals surface area contributed by atoms with E-state index in [0.29, 0.717) is 6.42 Å². The number of rotatable bonds is 3. The lowest BCUT2D eigenvalue weighted by Crippen LogP contribution is -1.94. The van der Waals surface area contributed by atoms with Crippen molar-refractivity contribution in [3.8, 4) is 0 Å². The van der Waals surface area contributed by atoms with Gasteiger partial charge < -0.3 is 4.55 Å². The van der Waals surface area contributed by atoms with E-state index in [1.807, 2.05) is 0 Å². The highest BCUT2D eigenvalue weighted by Gasteiger charge is 1.96. The summed E-state index contributed by atoms with van der Waals surface area (Å²) in [6, 6.07) is 0. The summed E-state index contributed by atoms with van der Waals surface area (Å²) in [5.74, 6) is 0.140. The van der Waals surface area contributed by atoms with E-state index in [1.54, 1.807) is 0 Å². The van der Waals surface area contributed by atoms with Crippen LogP contribution in [0, 0.1) is 0 Å². The minimum Gasteiger partial charge on any atom is -0.772 e. The molecule has 0 N–H and O–H groups in total. The highest BCUT2D eigenvalue weighted by molar-refractivity contribution is 9.29. The predicted molar refractivity (Wildman–Crippen MR) is 52.2 cm³/mol. The van der Waals surface area contributed by atoms with Gasteiger partial charge in [0.05, 0.1) is 3.39 Å². The first-order chi connectivity index (χ1) is 4.54. The van der Waals surface area contributed by atoms with Gasteiger partial charge in [-0.1, -0.05) is 27.0 Å². The molecule has 0 spiro atoms. The molecule has 0 rings (SSSR count). The van der Waals surface area contributed by atoms with E-state index in [1.165, 1.54) is 0 Å². The topological polar surface area (TPSA) is 40.1 Å².